The minimum atomic E-state index is -1.50. The van der Waals surface area contributed by atoms with Gasteiger partial charge >= 0.3 is 0 Å². The second-order valence-electron chi connectivity index (χ2n) is 8.12. The molecule has 5 rings (SSSR count). The van der Waals surface area contributed by atoms with E-state index < -0.39 is 10.8 Å². The highest BCUT2D eigenvalue weighted by molar-refractivity contribution is 5.51. The molecule has 5 fully saturated rings. The van der Waals surface area contributed by atoms with Crippen molar-refractivity contribution >= 4 is 0 Å². The molecular formula is C17H16N4O. The third-order valence-corrected chi connectivity index (χ3v) is 6.43. The molecule has 0 aromatic heterocycles. The lowest BCUT2D eigenvalue weighted by molar-refractivity contribution is -0.0811. The van der Waals surface area contributed by atoms with Crippen LogP contribution in [0.15, 0.2) is 0 Å². The normalized spacial score (nSPS) is 47.1. The number of hydrogen-bond donors (Lipinski definition) is 0. The molecular weight excluding hydrogens is 276 g/mol. The lowest BCUT2D eigenvalue weighted by Gasteiger charge is -2.34. The van der Waals surface area contributed by atoms with Crippen LogP contribution in [0.4, 0.5) is 0 Å². The molecule has 5 saturated carbocycles. The highest BCUT2D eigenvalue weighted by atomic mass is 16.5. The second kappa shape index (κ2) is 3.46. The molecule has 0 spiro atoms. The Morgan fingerprint density at radius 3 is 1.45 bits per heavy atom. The van der Waals surface area contributed by atoms with Gasteiger partial charge in [0.1, 0.15) is 0 Å². The van der Waals surface area contributed by atoms with Gasteiger partial charge in [0.2, 0.25) is 0 Å². The molecule has 5 nitrogen and oxygen atoms in total. The molecule has 5 aliphatic rings. The third-order valence-electron chi connectivity index (χ3n) is 6.43. The average Bonchev–Trinajstić information content (AvgIpc) is 2.72. The van der Waals surface area contributed by atoms with Gasteiger partial charge in [-0.25, -0.2) is 0 Å². The van der Waals surface area contributed by atoms with Crippen molar-refractivity contribution in [3.63, 3.8) is 0 Å². The van der Waals surface area contributed by atoms with E-state index in [1.807, 2.05) is 20.8 Å². The molecule has 0 heterocycles. The van der Waals surface area contributed by atoms with Gasteiger partial charge in [0.05, 0.1) is 36.0 Å². The zero-order chi connectivity index (χ0) is 16.1. The molecule has 5 aliphatic carbocycles. The Balaban J connectivity index is 1.85. The second-order valence-corrected chi connectivity index (χ2v) is 8.12. The van der Waals surface area contributed by atoms with Crippen LogP contribution in [-0.2, 0) is 4.74 Å². The Bertz CT molecular complexity index is 657. The van der Waals surface area contributed by atoms with Crippen LogP contribution in [0.25, 0.3) is 0 Å². The van der Waals surface area contributed by atoms with Crippen LogP contribution < -0.4 is 0 Å². The molecule has 5 atom stereocenters. The van der Waals surface area contributed by atoms with Gasteiger partial charge in [-0.2, -0.15) is 21.0 Å². The maximum absolute atomic E-state index is 9.71. The summed E-state index contributed by atoms with van der Waals surface area (Å²) in [7, 11) is 0. The molecule has 0 saturated heterocycles. The van der Waals surface area contributed by atoms with Crippen LogP contribution in [0.5, 0.6) is 0 Å². The minimum Gasteiger partial charge on any atom is -0.372 e. The minimum absolute atomic E-state index is 0.00201. The van der Waals surface area contributed by atoms with Gasteiger partial charge in [-0.3, -0.25) is 0 Å². The van der Waals surface area contributed by atoms with Crippen molar-refractivity contribution in [2.24, 2.45) is 46.3 Å². The van der Waals surface area contributed by atoms with Gasteiger partial charge < -0.3 is 4.74 Å². The van der Waals surface area contributed by atoms with Crippen molar-refractivity contribution in [1.82, 2.24) is 0 Å². The van der Waals surface area contributed by atoms with Crippen molar-refractivity contribution < 1.29 is 4.74 Å². The summed E-state index contributed by atoms with van der Waals surface area (Å²) < 4.78 is 6.21. The molecule has 0 N–H and O–H groups in total. The van der Waals surface area contributed by atoms with Crippen molar-refractivity contribution in [2.75, 3.05) is 0 Å². The van der Waals surface area contributed by atoms with E-state index in [0.717, 1.165) is 0 Å². The van der Waals surface area contributed by atoms with Gasteiger partial charge in [-0.05, 0) is 44.4 Å². The highest BCUT2D eigenvalue weighted by Crippen LogP contribution is 2.89. The van der Waals surface area contributed by atoms with Gasteiger partial charge in [-0.15, -0.1) is 0 Å². The van der Waals surface area contributed by atoms with Crippen LogP contribution in [0, 0.1) is 91.7 Å². The van der Waals surface area contributed by atoms with Crippen molar-refractivity contribution in [1.29, 1.82) is 21.0 Å². The molecule has 110 valence electrons. The Morgan fingerprint density at radius 2 is 1.14 bits per heavy atom. The Morgan fingerprint density at radius 1 is 0.727 bits per heavy atom. The summed E-state index contributed by atoms with van der Waals surface area (Å²) in [6, 6.07) is 8.35. The average molecular weight is 292 g/mol. The van der Waals surface area contributed by atoms with E-state index in [4.69, 9.17) is 4.74 Å². The maximum Gasteiger partial charge on any atom is 0.179 e. The molecule has 0 aliphatic heterocycles. The van der Waals surface area contributed by atoms with Crippen LogP contribution in [0.2, 0.25) is 0 Å². The summed E-state index contributed by atoms with van der Waals surface area (Å²) >= 11 is 0. The molecule has 0 radical (unpaired) electrons. The Hall–Kier alpha value is -2.08. The van der Waals surface area contributed by atoms with Crippen molar-refractivity contribution in [3.05, 3.63) is 0 Å². The third kappa shape index (κ3) is 1.05. The summed E-state index contributed by atoms with van der Waals surface area (Å²) in [5, 5.41) is 38.8. The van der Waals surface area contributed by atoms with Crippen molar-refractivity contribution in [2.45, 2.75) is 32.5 Å². The highest BCUT2D eigenvalue weighted by Gasteiger charge is 2.93. The largest absolute Gasteiger partial charge is 0.372 e. The number of nitrogens with zero attached hydrogens (tertiary/aromatic N) is 4. The smallest absolute Gasteiger partial charge is 0.179 e. The summed E-state index contributed by atoms with van der Waals surface area (Å²) in [6.07, 6.45) is -0.0188. The van der Waals surface area contributed by atoms with Crippen molar-refractivity contribution in [3.8, 4) is 24.3 Å². The number of ether oxygens (including phenoxy) is 1. The molecule has 5 heteroatoms. The molecule has 22 heavy (non-hydrogen) atoms. The molecule has 6 bridgehead atoms. The lowest BCUT2D eigenvalue weighted by Crippen LogP contribution is -2.44. The molecule has 0 aromatic carbocycles. The SMILES string of the molecule is CC(C)(C)O[C@@H]1C2[C@H]3[C@H]2[C@H]2C1[C@H]3C(C#N)(C#N)C2(C#N)C#N. The zero-order valence-electron chi connectivity index (χ0n) is 12.7. The maximum atomic E-state index is 9.71. The van der Waals surface area contributed by atoms with E-state index in [2.05, 4.69) is 24.3 Å². The van der Waals surface area contributed by atoms with E-state index in [1.165, 1.54) is 0 Å². The number of hydrogen-bond acceptors (Lipinski definition) is 5. The van der Waals surface area contributed by atoms with Crippen LogP contribution in [0.3, 0.4) is 0 Å². The van der Waals surface area contributed by atoms with E-state index >= 15 is 0 Å². The first-order valence-corrected chi connectivity index (χ1v) is 7.66. The quantitative estimate of drug-likeness (QED) is 0.735. The first-order valence-electron chi connectivity index (χ1n) is 7.66. The predicted octanol–water partition coefficient (Wildman–Crippen LogP) is 1.99. The van der Waals surface area contributed by atoms with Gasteiger partial charge in [0, 0.05) is 11.8 Å². The monoisotopic (exact) mass is 292 g/mol. The van der Waals surface area contributed by atoms with E-state index in [0.29, 0.717) is 5.92 Å². The van der Waals surface area contributed by atoms with Crippen LogP contribution in [0.1, 0.15) is 20.8 Å². The summed E-state index contributed by atoms with van der Waals surface area (Å²) in [5.41, 5.74) is -3.31. The fourth-order valence-electron chi connectivity index (χ4n) is 6.13. The van der Waals surface area contributed by atoms with Gasteiger partial charge in [0.15, 0.2) is 10.8 Å². The molecule has 0 aromatic rings. The Labute approximate surface area is 129 Å². The summed E-state index contributed by atoms with van der Waals surface area (Å²) in [4.78, 5) is 0. The van der Waals surface area contributed by atoms with E-state index in [9.17, 15) is 21.0 Å². The Kier molecular flexibility index (Phi) is 2.13. The van der Waals surface area contributed by atoms with E-state index in [-0.39, 0.29) is 41.3 Å². The topological polar surface area (TPSA) is 104 Å². The fraction of sp³-hybridized carbons (Fsp3) is 0.765. The first-order chi connectivity index (χ1) is 10.3. The lowest BCUT2D eigenvalue weighted by atomic mass is 9.58. The standard InChI is InChI=1S/C17H16N4O/c1-15(2,3)22-14-10-8-9(10)13-11(14)12(8)16(4-18,5-19)17(13,6-20)7-21/h8-14H,1-3H3/t8-,9-,10?,11?,12+,13+,14-/m1/s1. The molecule has 0 amide bonds. The fourth-order valence-corrected chi connectivity index (χ4v) is 6.13. The number of nitriles is 4. The van der Waals surface area contributed by atoms with Crippen LogP contribution >= 0.6 is 0 Å². The summed E-state index contributed by atoms with van der Waals surface area (Å²) in [6.45, 7) is 5.98. The molecule has 0 unspecified atom stereocenters. The zero-order valence-corrected chi connectivity index (χ0v) is 12.7. The number of rotatable bonds is 1. The first kappa shape index (κ1) is 13.6. The summed E-state index contributed by atoms with van der Waals surface area (Å²) in [5.74, 6) is 0.526. The van der Waals surface area contributed by atoms with Gasteiger partial charge in [0.25, 0.3) is 0 Å². The van der Waals surface area contributed by atoms with Crippen LogP contribution in [-0.4, -0.2) is 11.7 Å². The predicted molar refractivity (Wildman–Crippen MR) is 72.9 cm³/mol. The van der Waals surface area contributed by atoms with E-state index in [1.54, 1.807) is 0 Å². The van der Waals surface area contributed by atoms with Gasteiger partial charge in [-0.1, -0.05) is 0 Å².